The first kappa shape index (κ1) is 10.6. The van der Waals surface area contributed by atoms with Gasteiger partial charge in [0, 0.05) is 6.04 Å². The first-order chi connectivity index (χ1) is 6.95. The maximum Gasteiger partial charge on any atom is 0.00828 e. The summed E-state index contributed by atoms with van der Waals surface area (Å²) in [5.41, 5.74) is 0. The minimum atomic E-state index is 0.821. The molecular weight excluding hydrogens is 190 g/mol. The van der Waals surface area contributed by atoms with Crippen LogP contribution in [0.5, 0.6) is 0 Å². The summed E-state index contributed by atoms with van der Waals surface area (Å²) in [6, 6.07) is 0.821. The van der Waals surface area contributed by atoms with Crippen molar-refractivity contribution in [3.8, 4) is 0 Å². The molecule has 1 unspecified atom stereocenters. The fraction of sp³-hybridized carbons (Fsp3) is 0.833. The van der Waals surface area contributed by atoms with Crippen LogP contribution < -0.4 is 5.32 Å². The highest BCUT2D eigenvalue weighted by Crippen LogP contribution is 2.20. The second kappa shape index (κ2) is 5.82. The van der Waals surface area contributed by atoms with E-state index >= 15 is 0 Å². The predicted octanol–water partition coefficient (Wildman–Crippen LogP) is 2.83. The van der Waals surface area contributed by atoms with Crippen molar-refractivity contribution in [1.82, 2.24) is 5.32 Å². The van der Waals surface area contributed by atoms with Gasteiger partial charge >= 0.3 is 0 Å². The third-order valence-corrected chi connectivity index (χ3v) is 4.34. The molecule has 1 aliphatic carbocycles. The van der Waals surface area contributed by atoms with Gasteiger partial charge in [-0.25, -0.2) is 0 Å². The molecule has 0 aromatic heterocycles. The molecule has 0 saturated carbocycles. The van der Waals surface area contributed by atoms with Crippen LogP contribution in [0.25, 0.3) is 0 Å². The number of rotatable bonds is 3. The Morgan fingerprint density at radius 1 is 1.14 bits per heavy atom. The molecule has 1 N–H and O–H groups in total. The highest BCUT2D eigenvalue weighted by atomic mass is 32.2. The molecule has 1 heterocycles. The van der Waals surface area contributed by atoms with Crippen LogP contribution >= 0.6 is 11.8 Å². The summed E-state index contributed by atoms with van der Waals surface area (Å²) in [6.07, 6.45) is 11.4. The highest BCUT2D eigenvalue weighted by molar-refractivity contribution is 7.99. The van der Waals surface area contributed by atoms with Crippen LogP contribution in [0.4, 0.5) is 0 Å². The van der Waals surface area contributed by atoms with Gasteiger partial charge in [0.2, 0.25) is 0 Å². The molecule has 2 aliphatic rings. The van der Waals surface area contributed by atoms with Crippen LogP contribution in [0.2, 0.25) is 0 Å². The van der Waals surface area contributed by atoms with Crippen molar-refractivity contribution in [2.75, 3.05) is 18.1 Å². The third-order valence-electron chi connectivity index (χ3n) is 3.29. The Labute approximate surface area is 91.7 Å². The Balaban J connectivity index is 1.63. The van der Waals surface area contributed by atoms with E-state index in [9.17, 15) is 0 Å². The van der Waals surface area contributed by atoms with Crippen LogP contribution in [-0.4, -0.2) is 24.1 Å². The fourth-order valence-electron chi connectivity index (χ4n) is 2.28. The summed E-state index contributed by atoms with van der Waals surface area (Å²) in [5, 5.41) is 3.74. The topological polar surface area (TPSA) is 12.0 Å². The van der Waals surface area contributed by atoms with Crippen LogP contribution in [0.15, 0.2) is 12.2 Å². The minimum absolute atomic E-state index is 0.821. The van der Waals surface area contributed by atoms with Crippen molar-refractivity contribution in [1.29, 1.82) is 0 Å². The van der Waals surface area contributed by atoms with E-state index in [1.807, 2.05) is 0 Å². The molecule has 0 radical (unpaired) electrons. The quantitative estimate of drug-likeness (QED) is 0.720. The minimum Gasteiger partial charge on any atom is -0.314 e. The lowest BCUT2D eigenvalue weighted by atomic mass is 9.94. The van der Waals surface area contributed by atoms with Crippen LogP contribution in [0, 0.1) is 5.92 Å². The summed E-state index contributed by atoms with van der Waals surface area (Å²) in [7, 11) is 0. The molecule has 2 heteroatoms. The molecule has 1 saturated heterocycles. The summed E-state index contributed by atoms with van der Waals surface area (Å²) >= 11 is 2.11. The van der Waals surface area contributed by atoms with Crippen molar-refractivity contribution >= 4 is 11.8 Å². The van der Waals surface area contributed by atoms with Crippen molar-refractivity contribution in [3.05, 3.63) is 12.2 Å². The zero-order valence-electron chi connectivity index (χ0n) is 8.87. The van der Waals surface area contributed by atoms with E-state index in [0.717, 1.165) is 12.0 Å². The average molecular weight is 211 g/mol. The average Bonchev–Trinajstić information content (AvgIpc) is 2.29. The first-order valence-corrected chi connectivity index (χ1v) is 7.07. The van der Waals surface area contributed by atoms with Gasteiger partial charge in [0.15, 0.2) is 0 Å². The molecule has 1 nitrogen and oxygen atoms in total. The maximum atomic E-state index is 3.74. The van der Waals surface area contributed by atoms with Crippen LogP contribution in [-0.2, 0) is 0 Å². The predicted molar refractivity (Wildman–Crippen MR) is 64.8 cm³/mol. The van der Waals surface area contributed by atoms with Crippen LogP contribution in [0.1, 0.15) is 32.1 Å². The monoisotopic (exact) mass is 211 g/mol. The Kier molecular flexibility index (Phi) is 4.39. The zero-order valence-corrected chi connectivity index (χ0v) is 9.69. The van der Waals surface area contributed by atoms with E-state index in [1.54, 1.807) is 0 Å². The van der Waals surface area contributed by atoms with E-state index in [2.05, 4.69) is 29.2 Å². The molecule has 0 aromatic carbocycles. The lowest BCUT2D eigenvalue weighted by Crippen LogP contribution is -2.36. The second-order valence-corrected chi connectivity index (χ2v) is 5.67. The van der Waals surface area contributed by atoms with Gasteiger partial charge in [-0.05, 0) is 56.1 Å². The van der Waals surface area contributed by atoms with Crippen molar-refractivity contribution in [2.24, 2.45) is 5.92 Å². The number of hydrogen-bond acceptors (Lipinski definition) is 2. The molecule has 80 valence electrons. The summed E-state index contributed by atoms with van der Waals surface area (Å²) in [4.78, 5) is 0. The van der Waals surface area contributed by atoms with Gasteiger partial charge < -0.3 is 5.32 Å². The van der Waals surface area contributed by atoms with Gasteiger partial charge in [0.25, 0.3) is 0 Å². The Bertz CT molecular complexity index is 185. The number of nitrogens with one attached hydrogen (secondary N) is 1. The normalized spacial score (nSPS) is 29.3. The summed E-state index contributed by atoms with van der Waals surface area (Å²) in [6.45, 7) is 1.25. The van der Waals surface area contributed by atoms with Gasteiger partial charge in [-0.2, -0.15) is 11.8 Å². The maximum absolute atomic E-state index is 3.74. The molecule has 14 heavy (non-hydrogen) atoms. The molecule has 2 rings (SSSR count). The third kappa shape index (κ3) is 3.32. The lowest BCUT2D eigenvalue weighted by molar-refractivity contribution is 0.390. The van der Waals surface area contributed by atoms with E-state index in [1.165, 1.54) is 50.2 Å². The number of thioether (sulfide) groups is 1. The molecule has 1 atom stereocenters. The van der Waals surface area contributed by atoms with Crippen molar-refractivity contribution < 1.29 is 0 Å². The molecule has 1 aliphatic heterocycles. The molecule has 0 aromatic rings. The Morgan fingerprint density at radius 2 is 2.00 bits per heavy atom. The fourth-order valence-corrected chi connectivity index (χ4v) is 3.38. The number of hydrogen-bond donors (Lipinski definition) is 1. The van der Waals surface area contributed by atoms with E-state index in [0.29, 0.717) is 0 Å². The van der Waals surface area contributed by atoms with Crippen molar-refractivity contribution in [2.45, 2.75) is 38.1 Å². The molecular formula is C12H21NS. The van der Waals surface area contributed by atoms with Gasteiger partial charge in [0.05, 0.1) is 0 Å². The van der Waals surface area contributed by atoms with Gasteiger partial charge in [-0.15, -0.1) is 0 Å². The lowest BCUT2D eigenvalue weighted by Gasteiger charge is -2.26. The van der Waals surface area contributed by atoms with Crippen molar-refractivity contribution in [3.63, 3.8) is 0 Å². The molecule has 1 fully saturated rings. The second-order valence-electron chi connectivity index (χ2n) is 4.45. The first-order valence-electron chi connectivity index (χ1n) is 5.91. The smallest absolute Gasteiger partial charge is 0.00828 e. The number of allylic oxidation sites excluding steroid dienone is 2. The molecule has 0 spiro atoms. The Hall–Kier alpha value is 0.0500. The highest BCUT2D eigenvalue weighted by Gasteiger charge is 2.15. The largest absolute Gasteiger partial charge is 0.314 e. The Morgan fingerprint density at radius 3 is 2.71 bits per heavy atom. The van der Waals surface area contributed by atoms with Gasteiger partial charge in [-0.3, -0.25) is 0 Å². The van der Waals surface area contributed by atoms with E-state index in [-0.39, 0.29) is 0 Å². The van der Waals surface area contributed by atoms with E-state index < -0.39 is 0 Å². The van der Waals surface area contributed by atoms with Gasteiger partial charge in [0.1, 0.15) is 0 Å². The van der Waals surface area contributed by atoms with Gasteiger partial charge in [-0.1, -0.05) is 12.2 Å². The molecule has 0 amide bonds. The zero-order chi connectivity index (χ0) is 9.64. The standard InChI is InChI=1S/C12H21NS/c1-2-4-11(5-3-1)10-13-12-6-8-14-9-7-12/h1-2,11-13H,3-10H2. The summed E-state index contributed by atoms with van der Waals surface area (Å²) in [5.74, 6) is 3.64. The van der Waals surface area contributed by atoms with E-state index in [4.69, 9.17) is 0 Å². The van der Waals surface area contributed by atoms with Crippen LogP contribution in [0.3, 0.4) is 0 Å². The molecule has 0 bridgehead atoms. The summed E-state index contributed by atoms with van der Waals surface area (Å²) < 4.78 is 0. The SMILES string of the molecule is C1=CCC(CNC2CCSCC2)CC1.